The Morgan fingerprint density at radius 2 is 1.97 bits per heavy atom. The van der Waals surface area contributed by atoms with E-state index < -0.39 is 11.7 Å². The standard InChI is InChI=1S/C18H14F3N5O2S/c1-2-27-13-6-4-3-5-12(13)16-22-15(28-25-16)10-29-17-24-23-14-8-7-11(9-26(14)17)18(19,20)21/h3-9H,2,10H2,1H3. The van der Waals surface area contributed by atoms with Crippen LogP contribution in [0.5, 0.6) is 5.75 Å². The van der Waals surface area contributed by atoms with E-state index in [-0.39, 0.29) is 5.75 Å². The minimum absolute atomic E-state index is 0.223. The molecule has 0 radical (unpaired) electrons. The lowest BCUT2D eigenvalue weighted by molar-refractivity contribution is -0.137. The summed E-state index contributed by atoms with van der Waals surface area (Å²) in [5.74, 6) is 1.54. The summed E-state index contributed by atoms with van der Waals surface area (Å²) in [6.07, 6.45) is -3.48. The van der Waals surface area contributed by atoms with Crippen molar-refractivity contribution in [1.29, 1.82) is 0 Å². The first-order valence-electron chi connectivity index (χ1n) is 8.55. The van der Waals surface area contributed by atoms with Crippen LogP contribution in [0.25, 0.3) is 17.0 Å². The zero-order valence-corrected chi connectivity index (χ0v) is 15.9. The van der Waals surface area contributed by atoms with Crippen molar-refractivity contribution in [3.05, 3.63) is 54.0 Å². The van der Waals surface area contributed by atoms with Crippen LogP contribution in [0.4, 0.5) is 13.2 Å². The predicted molar refractivity (Wildman–Crippen MR) is 98.5 cm³/mol. The number of aromatic nitrogens is 5. The van der Waals surface area contributed by atoms with Crippen molar-refractivity contribution in [2.24, 2.45) is 0 Å². The van der Waals surface area contributed by atoms with Gasteiger partial charge in [-0.3, -0.25) is 4.40 Å². The molecule has 4 aromatic rings. The lowest BCUT2D eigenvalue weighted by Crippen LogP contribution is -2.06. The van der Waals surface area contributed by atoms with E-state index in [1.54, 1.807) is 0 Å². The topological polar surface area (TPSA) is 78.3 Å². The molecule has 11 heteroatoms. The average molecular weight is 421 g/mol. The summed E-state index contributed by atoms with van der Waals surface area (Å²) < 4.78 is 51.0. The van der Waals surface area contributed by atoms with Gasteiger partial charge in [-0.25, -0.2) is 0 Å². The van der Waals surface area contributed by atoms with Gasteiger partial charge in [0.05, 0.1) is 23.5 Å². The van der Waals surface area contributed by atoms with E-state index in [2.05, 4.69) is 20.3 Å². The first kappa shape index (κ1) is 19.2. The third-order valence-electron chi connectivity index (χ3n) is 3.92. The molecule has 0 saturated carbocycles. The van der Waals surface area contributed by atoms with Crippen LogP contribution in [0.15, 0.2) is 52.3 Å². The number of hydrogen-bond donors (Lipinski definition) is 0. The molecule has 0 N–H and O–H groups in total. The van der Waals surface area contributed by atoms with Gasteiger partial charge in [0.1, 0.15) is 5.75 Å². The Labute approximate surface area is 166 Å². The molecule has 29 heavy (non-hydrogen) atoms. The smallest absolute Gasteiger partial charge is 0.417 e. The van der Waals surface area contributed by atoms with Crippen LogP contribution >= 0.6 is 11.8 Å². The molecule has 0 aliphatic heterocycles. The van der Waals surface area contributed by atoms with E-state index in [0.29, 0.717) is 40.4 Å². The van der Waals surface area contributed by atoms with E-state index in [9.17, 15) is 13.2 Å². The van der Waals surface area contributed by atoms with E-state index in [1.807, 2.05) is 31.2 Å². The van der Waals surface area contributed by atoms with Crippen molar-refractivity contribution < 1.29 is 22.4 Å². The van der Waals surface area contributed by atoms with Crippen LogP contribution in [0, 0.1) is 0 Å². The van der Waals surface area contributed by atoms with Gasteiger partial charge in [-0.05, 0) is 31.2 Å². The molecule has 0 saturated heterocycles. The number of nitrogens with zero attached hydrogens (tertiary/aromatic N) is 5. The molecule has 0 fully saturated rings. The number of rotatable bonds is 6. The number of ether oxygens (including phenoxy) is 1. The molecule has 0 aliphatic rings. The van der Waals surface area contributed by atoms with Crippen LogP contribution in [0.1, 0.15) is 18.4 Å². The second-order valence-electron chi connectivity index (χ2n) is 5.86. The van der Waals surface area contributed by atoms with Gasteiger partial charge in [0.2, 0.25) is 11.7 Å². The Kier molecular flexibility index (Phi) is 5.14. The van der Waals surface area contributed by atoms with Crippen molar-refractivity contribution in [3.8, 4) is 17.1 Å². The monoisotopic (exact) mass is 421 g/mol. The molecule has 0 unspecified atom stereocenters. The van der Waals surface area contributed by atoms with Gasteiger partial charge in [0.15, 0.2) is 10.8 Å². The van der Waals surface area contributed by atoms with Gasteiger partial charge in [-0.2, -0.15) is 18.2 Å². The number of alkyl halides is 3. The first-order valence-corrected chi connectivity index (χ1v) is 9.54. The molecule has 0 atom stereocenters. The Balaban J connectivity index is 1.54. The summed E-state index contributed by atoms with van der Waals surface area (Å²) in [6.45, 7) is 2.37. The zero-order valence-electron chi connectivity index (χ0n) is 15.1. The maximum atomic E-state index is 13.0. The number of para-hydroxylation sites is 1. The molecule has 150 valence electrons. The fourth-order valence-electron chi connectivity index (χ4n) is 2.62. The van der Waals surface area contributed by atoms with Crippen LogP contribution in [-0.4, -0.2) is 31.3 Å². The van der Waals surface area contributed by atoms with Gasteiger partial charge >= 0.3 is 6.18 Å². The maximum Gasteiger partial charge on any atom is 0.417 e. The van der Waals surface area contributed by atoms with Crippen molar-refractivity contribution in [1.82, 2.24) is 24.7 Å². The molecule has 0 spiro atoms. The summed E-state index contributed by atoms with van der Waals surface area (Å²) in [5.41, 5.74) is 0.230. The number of fused-ring (bicyclic) bond motifs is 1. The highest BCUT2D eigenvalue weighted by Crippen LogP contribution is 2.31. The van der Waals surface area contributed by atoms with Crippen molar-refractivity contribution >= 4 is 17.4 Å². The van der Waals surface area contributed by atoms with Crippen LogP contribution < -0.4 is 4.74 Å². The SMILES string of the molecule is CCOc1ccccc1-c1noc(CSc2nnc3ccc(C(F)(F)F)cn23)n1. The van der Waals surface area contributed by atoms with Gasteiger partial charge in [0.25, 0.3) is 0 Å². The average Bonchev–Trinajstić information content (AvgIpc) is 3.33. The molecule has 0 bridgehead atoms. The third-order valence-corrected chi connectivity index (χ3v) is 4.85. The Hall–Kier alpha value is -3.08. The Morgan fingerprint density at radius 3 is 2.76 bits per heavy atom. The maximum absolute atomic E-state index is 13.0. The van der Waals surface area contributed by atoms with Gasteiger partial charge in [-0.15, -0.1) is 10.2 Å². The molecule has 3 heterocycles. The molecule has 0 amide bonds. The second kappa shape index (κ2) is 7.74. The number of pyridine rings is 1. The van der Waals surface area contributed by atoms with E-state index in [0.717, 1.165) is 24.0 Å². The third kappa shape index (κ3) is 4.04. The van der Waals surface area contributed by atoms with E-state index in [1.165, 1.54) is 10.5 Å². The van der Waals surface area contributed by atoms with Gasteiger partial charge < -0.3 is 9.26 Å². The number of halogens is 3. The minimum atomic E-state index is -4.45. The quantitative estimate of drug-likeness (QED) is 0.425. The number of benzene rings is 1. The number of hydrogen-bond acceptors (Lipinski definition) is 7. The second-order valence-corrected chi connectivity index (χ2v) is 6.80. The van der Waals surface area contributed by atoms with Crippen LogP contribution in [-0.2, 0) is 11.9 Å². The lowest BCUT2D eigenvalue weighted by atomic mass is 10.2. The van der Waals surface area contributed by atoms with Crippen molar-refractivity contribution in [2.45, 2.75) is 24.0 Å². The normalized spacial score (nSPS) is 11.9. The fraction of sp³-hybridized carbons (Fsp3) is 0.222. The van der Waals surface area contributed by atoms with E-state index >= 15 is 0 Å². The van der Waals surface area contributed by atoms with Gasteiger partial charge in [-0.1, -0.05) is 29.1 Å². The largest absolute Gasteiger partial charge is 0.493 e. The summed E-state index contributed by atoms with van der Waals surface area (Å²) in [4.78, 5) is 4.34. The predicted octanol–water partition coefficient (Wildman–Crippen LogP) is 4.49. The molecule has 1 aromatic carbocycles. The Bertz CT molecular complexity index is 1140. The summed E-state index contributed by atoms with van der Waals surface area (Å²) in [6, 6.07) is 9.55. The zero-order chi connectivity index (χ0) is 20.4. The van der Waals surface area contributed by atoms with E-state index in [4.69, 9.17) is 9.26 Å². The highest BCUT2D eigenvalue weighted by atomic mass is 32.2. The van der Waals surface area contributed by atoms with Crippen molar-refractivity contribution in [2.75, 3.05) is 6.61 Å². The summed E-state index contributed by atoms with van der Waals surface area (Å²) in [5, 5.41) is 12.1. The molecule has 4 rings (SSSR count). The van der Waals surface area contributed by atoms with Crippen LogP contribution in [0.2, 0.25) is 0 Å². The molecule has 0 aliphatic carbocycles. The first-order chi connectivity index (χ1) is 14.0. The highest BCUT2D eigenvalue weighted by Gasteiger charge is 2.31. The molecule has 3 aromatic heterocycles. The van der Waals surface area contributed by atoms with Crippen molar-refractivity contribution in [3.63, 3.8) is 0 Å². The highest BCUT2D eigenvalue weighted by molar-refractivity contribution is 7.98. The van der Waals surface area contributed by atoms with Gasteiger partial charge in [0, 0.05) is 6.20 Å². The molecule has 7 nitrogen and oxygen atoms in total. The molecular formula is C18H14F3N5O2S. The summed E-state index contributed by atoms with van der Waals surface area (Å²) in [7, 11) is 0. The number of thioether (sulfide) groups is 1. The lowest BCUT2D eigenvalue weighted by Gasteiger charge is -2.07. The summed E-state index contributed by atoms with van der Waals surface area (Å²) >= 11 is 1.15. The minimum Gasteiger partial charge on any atom is -0.493 e. The Morgan fingerprint density at radius 1 is 1.14 bits per heavy atom. The van der Waals surface area contributed by atoms with Crippen LogP contribution in [0.3, 0.4) is 0 Å². The molecular weight excluding hydrogens is 407 g/mol. The fourth-order valence-corrected chi connectivity index (χ4v) is 3.37.